The van der Waals surface area contributed by atoms with Crippen molar-refractivity contribution in [1.29, 1.82) is 0 Å². The smallest absolute Gasteiger partial charge is 0.194 e. The van der Waals surface area contributed by atoms with Crippen LogP contribution in [-0.4, -0.2) is 63.8 Å². The molecule has 0 spiro atoms. The molecule has 6 nitrogen and oxygen atoms in total. The van der Waals surface area contributed by atoms with E-state index in [4.69, 9.17) is 14.7 Å². The molecule has 3 heterocycles. The van der Waals surface area contributed by atoms with Gasteiger partial charge in [0.05, 0.1) is 28.6 Å². The molecule has 0 radical (unpaired) electrons. The summed E-state index contributed by atoms with van der Waals surface area (Å²) in [7, 11) is 0. The van der Waals surface area contributed by atoms with E-state index in [0.29, 0.717) is 19.1 Å². The molecule has 1 saturated heterocycles. The van der Waals surface area contributed by atoms with Gasteiger partial charge in [-0.3, -0.25) is 0 Å². The van der Waals surface area contributed by atoms with Crippen LogP contribution < -0.4 is 0 Å². The molecule has 2 aliphatic rings. The summed E-state index contributed by atoms with van der Waals surface area (Å²) in [5.41, 5.74) is 4.42. The molecule has 1 fully saturated rings. The molecule has 0 amide bonds. The molecule has 0 unspecified atom stereocenters. The van der Waals surface area contributed by atoms with Gasteiger partial charge in [0, 0.05) is 19.0 Å². The van der Waals surface area contributed by atoms with Crippen molar-refractivity contribution in [1.82, 2.24) is 14.5 Å². The van der Waals surface area contributed by atoms with Crippen molar-refractivity contribution in [2.24, 2.45) is 4.99 Å². The van der Waals surface area contributed by atoms with Crippen LogP contribution in [0, 0.1) is 0 Å². The van der Waals surface area contributed by atoms with Gasteiger partial charge in [0.25, 0.3) is 0 Å². The number of hydrogen-bond acceptors (Lipinski definition) is 5. The Bertz CT molecular complexity index is 1220. The highest BCUT2D eigenvalue weighted by atomic mass is 16.5. The zero-order chi connectivity index (χ0) is 25.3. The summed E-state index contributed by atoms with van der Waals surface area (Å²) in [6.45, 7) is 13.3. The number of aliphatic hydroxyl groups excluding tert-OH is 1. The van der Waals surface area contributed by atoms with Crippen molar-refractivity contribution in [2.45, 2.75) is 70.4 Å². The average molecular weight is 489 g/mol. The van der Waals surface area contributed by atoms with E-state index in [1.807, 2.05) is 6.07 Å². The fraction of sp³-hybridized carbons (Fsp3) is 0.533. The number of benzene rings is 2. The minimum atomic E-state index is -0.222. The maximum atomic E-state index is 9.61. The third kappa shape index (κ3) is 5.07. The molecule has 5 rings (SSSR count). The topological polar surface area (TPSA) is 62.9 Å². The molecule has 1 N–H and O–H groups in total. The van der Waals surface area contributed by atoms with E-state index in [2.05, 4.69) is 79.6 Å². The number of ether oxygens (including phenoxy) is 1. The van der Waals surface area contributed by atoms with Crippen LogP contribution in [-0.2, 0) is 23.1 Å². The van der Waals surface area contributed by atoms with Crippen molar-refractivity contribution in [3.05, 3.63) is 65.5 Å². The number of fused-ring (bicyclic) bond motifs is 1. The Kier molecular flexibility index (Phi) is 6.92. The number of piperidine rings is 1. The summed E-state index contributed by atoms with van der Waals surface area (Å²) in [6.07, 6.45) is 3.28. The molecule has 3 aromatic rings. The Morgan fingerprint density at radius 1 is 1.03 bits per heavy atom. The minimum absolute atomic E-state index is 0.133. The summed E-state index contributed by atoms with van der Waals surface area (Å²) >= 11 is 0. The average Bonchev–Trinajstić information content (AvgIpc) is 3.44. The first-order chi connectivity index (χ1) is 17.3. The normalized spacial score (nSPS) is 19.0. The van der Waals surface area contributed by atoms with E-state index in [-0.39, 0.29) is 17.6 Å². The maximum Gasteiger partial charge on any atom is 0.194 e. The molecule has 0 bridgehead atoms. The first-order valence-electron chi connectivity index (χ1n) is 13.4. The van der Waals surface area contributed by atoms with E-state index < -0.39 is 0 Å². The van der Waals surface area contributed by atoms with Gasteiger partial charge in [-0.25, -0.2) is 9.98 Å². The summed E-state index contributed by atoms with van der Waals surface area (Å²) in [5, 5.41) is 9.61. The summed E-state index contributed by atoms with van der Waals surface area (Å²) in [4.78, 5) is 12.3. The number of aliphatic hydroxyl groups is 1. The third-order valence-corrected chi connectivity index (χ3v) is 7.85. The lowest BCUT2D eigenvalue weighted by molar-refractivity contribution is 0.208. The number of hydrogen-bond donors (Lipinski definition) is 1. The van der Waals surface area contributed by atoms with Gasteiger partial charge in [-0.05, 0) is 83.3 Å². The second kappa shape index (κ2) is 9.98. The lowest BCUT2D eigenvalue weighted by atomic mass is 9.83. The Balaban J connectivity index is 1.17. The second-order valence-electron chi connectivity index (χ2n) is 11.5. The van der Waals surface area contributed by atoms with Crippen molar-refractivity contribution < 1.29 is 9.84 Å². The van der Waals surface area contributed by atoms with Crippen molar-refractivity contribution in [3.8, 4) is 0 Å². The van der Waals surface area contributed by atoms with Gasteiger partial charge in [-0.2, -0.15) is 0 Å². The van der Waals surface area contributed by atoms with E-state index in [0.717, 1.165) is 61.7 Å². The number of imidazole rings is 1. The van der Waals surface area contributed by atoms with Gasteiger partial charge < -0.3 is 19.3 Å². The SMILES string of the molecule is CC1(C)COC(C(C)(C)c2ccc(CCN3CCC(c4nc5ccccc5n4CCO)CC3)cc2)=N1. The third-order valence-electron chi connectivity index (χ3n) is 7.85. The maximum absolute atomic E-state index is 9.61. The Morgan fingerprint density at radius 2 is 1.75 bits per heavy atom. The molecular weight excluding hydrogens is 448 g/mol. The van der Waals surface area contributed by atoms with Gasteiger partial charge in [-0.15, -0.1) is 0 Å². The number of nitrogens with zero attached hydrogens (tertiary/aromatic N) is 4. The number of para-hydroxylation sites is 2. The lowest BCUT2D eigenvalue weighted by Gasteiger charge is -2.32. The fourth-order valence-electron chi connectivity index (χ4n) is 5.56. The summed E-state index contributed by atoms with van der Waals surface area (Å²) < 4.78 is 8.17. The lowest BCUT2D eigenvalue weighted by Crippen LogP contribution is -2.35. The molecule has 2 aliphatic heterocycles. The van der Waals surface area contributed by atoms with Crippen LogP contribution in [0.15, 0.2) is 53.5 Å². The molecule has 2 aromatic carbocycles. The van der Waals surface area contributed by atoms with Crippen LogP contribution in [0.25, 0.3) is 11.0 Å². The van der Waals surface area contributed by atoms with Crippen molar-refractivity contribution in [3.63, 3.8) is 0 Å². The van der Waals surface area contributed by atoms with Gasteiger partial charge in [0.15, 0.2) is 5.90 Å². The Morgan fingerprint density at radius 3 is 2.42 bits per heavy atom. The molecule has 36 heavy (non-hydrogen) atoms. The van der Waals surface area contributed by atoms with Crippen molar-refractivity contribution >= 4 is 16.9 Å². The molecular formula is C30H40N4O2. The fourth-order valence-corrected chi connectivity index (χ4v) is 5.56. The summed E-state index contributed by atoms with van der Waals surface area (Å²) in [5.74, 6) is 2.44. The minimum Gasteiger partial charge on any atom is -0.478 e. The van der Waals surface area contributed by atoms with E-state index >= 15 is 0 Å². The monoisotopic (exact) mass is 488 g/mol. The van der Waals surface area contributed by atoms with Crippen LogP contribution in [0.4, 0.5) is 0 Å². The highest BCUT2D eigenvalue weighted by molar-refractivity contribution is 5.89. The van der Waals surface area contributed by atoms with Crippen LogP contribution in [0.5, 0.6) is 0 Å². The number of aromatic nitrogens is 2. The quantitative estimate of drug-likeness (QED) is 0.488. The zero-order valence-corrected chi connectivity index (χ0v) is 22.2. The molecule has 0 atom stereocenters. The first-order valence-corrected chi connectivity index (χ1v) is 13.4. The summed E-state index contributed by atoms with van der Waals surface area (Å²) in [6, 6.07) is 17.3. The van der Waals surface area contributed by atoms with E-state index in [1.54, 1.807) is 0 Å². The van der Waals surface area contributed by atoms with Gasteiger partial charge in [0.2, 0.25) is 0 Å². The standard InChI is InChI=1S/C30H40N4O2/c1-29(2)21-36-28(32-29)30(3,4)24-11-9-22(10-12-24)13-16-33-17-14-23(15-18-33)27-31-25-7-5-6-8-26(25)34(27)19-20-35/h5-12,23,35H,13-21H2,1-4H3. The van der Waals surface area contributed by atoms with Crippen LogP contribution in [0.1, 0.15) is 63.4 Å². The molecule has 192 valence electrons. The zero-order valence-electron chi connectivity index (χ0n) is 22.2. The highest BCUT2D eigenvalue weighted by Crippen LogP contribution is 2.32. The van der Waals surface area contributed by atoms with E-state index in [1.165, 1.54) is 11.1 Å². The molecule has 0 saturated carbocycles. The molecule has 1 aromatic heterocycles. The van der Waals surface area contributed by atoms with E-state index in [9.17, 15) is 5.11 Å². The van der Waals surface area contributed by atoms with Gasteiger partial charge in [0.1, 0.15) is 12.4 Å². The molecule has 6 heteroatoms. The van der Waals surface area contributed by atoms with Gasteiger partial charge in [-0.1, -0.05) is 36.4 Å². The Labute approximate surface area is 215 Å². The first kappa shape index (κ1) is 25.0. The number of aliphatic imine (C=N–C) groups is 1. The number of likely N-dealkylation sites (tertiary alicyclic amines) is 1. The van der Waals surface area contributed by atoms with Crippen LogP contribution >= 0.6 is 0 Å². The number of rotatable bonds is 8. The van der Waals surface area contributed by atoms with Crippen molar-refractivity contribution in [2.75, 3.05) is 32.8 Å². The second-order valence-corrected chi connectivity index (χ2v) is 11.5. The largest absolute Gasteiger partial charge is 0.478 e. The van der Waals surface area contributed by atoms with Crippen LogP contribution in [0.3, 0.4) is 0 Å². The van der Waals surface area contributed by atoms with Gasteiger partial charge >= 0.3 is 0 Å². The predicted octanol–water partition coefficient (Wildman–Crippen LogP) is 4.94. The highest BCUT2D eigenvalue weighted by Gasteiger charge is 2.37. The predicted molar refractivity (Wildman–Crippen MR) is 146 cm³/mol. The van der Waals surface area contributed by atoms with Crippen LogP contribution in [0.2, 0.25) is 0 Å². The molecule has 0 aliphatic carbocycles. The Hall–Kier alpha value is -2.70.